The Hall–Kier alpha value is -1.77. The second-order valence-electron chi connectivity index (χ2n) is 3.28. The van der Waals surface area contributed by atoms with E-state index >= 15 is 0 Å². The third kappa shape index (κ3) is 1.58. The lowest BCUT2D eigenvalue weighted by atomic mass is 10.3. The third-order valence-electron chi connectivity index (χ3n) is 2.13. The van der Waals surface area contributed by atoms with Gasteiger partial charge in [0.05, 0.1) is 0 Å². The summed E-state index contributed by atoms with van der Waals surface area (Å²) in [6.07, 6.45) is 0. The summed E-state index contributed by atoms with van der Waals surface area (Å²) >= 11 is 1.84. The standard InChI is InChI=1S/C7H7N5O3S/c13-7-9-6(11-14-7)4-5(12-15-10-4)8-3-1-16-2-3/h3H,1-2H2,(H,8,12)(H,9,11,13). The van der Waals surface area contributed by atoms with Crippen molar-refractivity contribution in [2.24, 2.45) is 0 Å². The van der Waals surface area contributed by atoms with Gasteiger partial charge in [0.15, 0.2) is 5.69 Å². The van der Waals surface area contributed by atoms with E-state index in [1.165, 1.54) is 0 Å². The minimum Gasteiger partial charge on any atom is -0.361 e. The van der Waals surface area contributed by atoms with Crippen LogP contribution < -0.4 is 11.1 Å². The molecule has 1 fully saturated rings. The molecule has 2 N–H and O–H groups in total. The van der Waals surface area contributed by atoms with Gasteiger partial charge in [0, 0.05) is 17.5 Å². The number of nitrogens with one attached hydrogen (secondary N) is 2. The van der Waals surface area contributed by atoms with Crippen LogP contribution in [0.1, 0.15) is 0 Å². The van der Waals surface area contributed by atoms with Gasteiger partial charge in [0.25, 0.3) is 0 Å². The first-order chi connectivity index (χ1) is 7.83. The molecular weight excluding hydrogens is 234 g/mol. The number of rotatable bonds is 3. The van der Waals surface area contributed by atoms with Crippen LogP contribution in [-0.2, 0) is 0 Å². The van der Waals surface area contributed by atoms with Crippen LogP contribution in [0, 0.1) is 0 Å². The van der Waals surface area contributed by atoms with Crippen molar-refractivity contribution in [3.63, 3.8) is 0 Å². The summed E-state index contributed by atoms with van der Waals surface area (Å²) in [5.74, 6) is 2.07. The molecule has 0 saturated carbocycles. The van der Waals surface area contributed by atoms with Crippen molar-refractivity contribution in [3.8, 4) is 11.5 Å². The molecule has 0 unspecified atom stereocenters. The Labute approximate surface area is 92.7 Å². The van der Waals surface area contributed by atoms with Crippen LogP contribution in [0.25, 0.3) is 11.5 Å². The van der Waals surface area contributed by atoms with Crippen molar-refractivity contribution < 1.29 is 9.15 Å². The van der Waals surface area contributed by atoms with Crippen molar-refractivity contribution in [1.82, 2.24) is 20.5 Å². The molecule has 1 aliphatic heterocycles. The van der Waals surface area contributed by atoms with Gasteiger partial charge in [-0.1, -0.05) is 5.16 Å². The topological polar surface area (TPSA) is 110 Å². The minimum atomic E-state index is -0.636. The minimum absolute atomic E-state index is 0.209. The average molecular weight is 241 g/mol. The fourth-order valence-electron chi connectivity index (χ4n) is 1.28. The Kier molecular flexibility index (Phi) is 2.17. The van der Waals surface area contributed by atoms with Crippen molar-refractivity contribution in [3.05, 3.63) is 10.6 Å². The van der Waals surface area contributed by atoms with Gasteiger partial charge in [0.1, 0.15) is 0 Å². The summed E-state index contributed by atoms with van der Waals surface area (Å²) in [7, 11) is 0. The predicted molar refractivity (Wildman–Crippen MR) is 55.2 cm³/mol. The van der Waals surface area contributed by atoms with E-state index in [0.717, 1.165) is 11.5 Å². The first kappa shape index (κ1) is 9.46. The van der Waals surface area contributed by atoms with Gasteiger partial charge < -0.3 is 5.32 Å². The van der Waals surface area contributed by atoms with Crippen LogP contribution in [-0.4, -0.2) is 38.0 Å². The number of aromatic amines is 1. The second kappa shape index (κ2) is 3.67. The summed E-state index contributed by atoms with van der Waals surface area (Å²) in [6, 6.07) is 0.356. The molecule has 3 heterocycles. The molecule has 84 valence electrons. The summed E-state index contributed by atoms with van der Waals surface area (Å²) in [4.78, 5) is 13.2. The Morgan fingerprint density at radius 2 is 2.25 bits per heavy atom. The van der Waals surface area contributed by atoms with Gasteiger partial charge in [-0.3, -0.25) is 9.51 Å². The molecule has 3 rings (SSSR count). The number of hydrogen-bond donors (Lipinski definition) is 2. The number of nitrogens with zero attached hydrogens (tertiary/aromatic N) is 3. The lowest BCUT2D eigenvalue weighted by Crippen LogP contribution is -2.33. The van der Waals surface area contributed by atoms with E-state index < -0.39 is 5.76 Å². The fourth-order valence-corrected chi connectivity index (χ4v) is 1.92. The van der Waals surface area contributed by atoms with Gasteiger partial charge in [-0.25, -0.2) is 9.42 Å². The Morgan fingerprint density at radius 1 is 1.38 bits per heavy atom. The molecular formula is C7H7N5O3S. The van der Waals surface area contributed by atoms with Crippen LogP contribution >= 0.6 is 11.8 Å². The van der Waals surface area contributed by atoms with E-state index in [-0.39, 0.29) is 5.82 Å². The Morgan fingerprint density at radius 3 is 2.88 bits per heavy atom. The molecule has 0 aliphatic carbocycles. The number of thioether (sulfide) groups is 1. The van der Waals surface area contributed by atoms with E-state index in [1.807, 2.05) is 11.8 Å². The molecule has 0 spiro atoms. The molecule has 0 aromatic carbocycles. The lowest BCUT2D eigenvalue weighted by molar-refractivity contribution is 0.309. The highest BCUT2D eigenvalue weighted by atomic mass is 32.2. The Bertz CT molecular complexity index is 542. The van der Waals surface area contributed by atoms with Crippen LogP contribution in [0.4, 0.5) is 5.82 Å². The molecule has 8 nitrogen and oxygen atoms in total. The van der Waals surface area contributed by atoms with Gasteiger partial charge in [0.2, 0.25) is 11.6 Å². The molecule has 1 aliphatic rings. The molecule has 9 heteroatoms. The SMILES string of the molecule is O=c1[nH]c(-c2nonc2NC2CSC2)no1. The van der Waals surface area contributed by atoms with Crippen molar-refractivity contribution >= 4 is 17.6 Å². The summed E-state index contributed by atoms with van der Waals surface area (Å²) in [5.41, 5.74) is 0.350. The lowest BCUT2D eigenvalue weighted by Gasteiger charge is -2.25. The maximum Gasteiger partial charge on any atom is 0.439 e. The number of hydrogen-bond acceptors (Lipinski definition) is 8. The summed E-state index contributed by atoms with van der Waals surface area (Å²) in [6.45, 7) is 0. The van der Waals surface area contributed by atoms with E-state index in [0.29, 0.717) is 17.6 Å². The molecule has 0 amide bonds. The highest BCUT2D eigenvalue weighted by Crippen LogP contribution is 2.25. The largest absolute Gasteiger partial charge is 0.439 e. The molecule has 16 heavy (non-hydrogen) atoms. The van der Waals surface area contributed by atoms with E-state index in [4.69, 9.17) is 0 Å². The highest BCUT2D eigenvalue weighted by molar-refractivity contribution is 8.00. The maximum atomic E-state index is 10.8. The number of H-pyrrole nitrogens is 1. The first-order valence-corrected chi connectivity index (χ1v) is 5.71. The summed E-state index contributed by atoms with van der Waals surface area (Å²) < 4.78 is 8.99. The zero-order chi connectivity index (χ0) is 11.0. The average Bonchev–Trinajstić information content (AvgIpc) is 2.79. The van der Waals surface area contributed by atoms with Gasteiger partial charge >= 0.3 is 5.76 Å². The third-order valence-corrected chi connectivity index (χ3v) is 3.41. The smallest absolute Gasteiger partial charge is 0.361 e. The van der Waals surface area contributed by atoms with Crippen LogP contribution in [0.15, 0.2) is 13.9 Å². The predicted octanol–water partition coefficient (Wildman–Crippen LogP) is -0.0598. The van der Waals surface area contributed by atoms with Crippen molar-refractivity contribution in [1.29, 1.82) is 0 Å². The van der Waals surface area contributed by atoms with Crippen LogP contribution in [0.3, 0.4) is 0 Å². The zero-order valence-electron chi connectivity index (χ0n) is 7.97. The van der Waals surface area contributed by atoms with Gasteiger partial charge in [-0.15, -0.1) is 0 Å². The van der Waals surface area contributed by atoms with Crippen molar-refractivity contribution in [2.45, 2.75) is 6.04 Å². The summed E-state index contributed by atoms with van der Waals surface area (Å²) in [5, 5.41) is 14.0. The van der Waals surface area contributed by atoms with Crippen LogP contribution in [0.5, 0.6) is 0 Å². The number of anilines is 1. The first-order valence-electron chi connectivity index (χ1n) is 4.56. The van der Waals surface area contributed by atoms with Crippen LogP contribution in [0.2, 0.25) is 0 Å². The van der Waals surface area contributed by atoms with Gasteiger partial charge in [-0.05, 0) is 10.3 Å². The maximum absolute atomic E-state index is 10.8. The molecule has 2 aromatic heterocycles. The molecule has 1 saturated heterocycles. The molecule has 0 atom stereocenters. The van der Waals surface area contributed by atoms with E-state index in [2.05, 4.69) is 34.9 Å². The monoisotopic (exact) mass is 241 g/mol. The molecule has 2 aromatic rings. The second-order valence-corrected chi connectivity index (χ2v) is 4.36. The normalized spacial score (nSPS) is 16.0. The van der Waals surface area contributed by atoms with Gasteiger partial charge in [-0.2, -0.15) is 11.8 Å². The highest BCUT2D eigenvalue weighted by Gasteiger charge is 2.23. The fraction of sp³-hybridized carbons (Fsp3) is 0.429. The number of aromatic nitrogens is 4. The van der Waals surface area contributed by atoms with E-state index in [1.54, 1.807) is 0 Å². The quantitative estimate of drug-likeness (QED) is 0.769. The Balaban J connectivity index is 1.89. The molecule has 0 radical (unpaired) electrons. The zero-order valence-corrected chi connectivity index (χ0v) is 8.78. The van der Waals surface area contributed by atoms with E-state index in [9.17, 15) is 4.79 Å². The van der Waals surface area contributed by atoms with Crippen molar-refractivity contribution in [2.75, 3.05) is 16.8 Å². The molecule has 0 bridgehead atoms.